The highest BCUT2D eigenvalue weighted by Crippen LogP contribution is 2.29. The average molecular weight is 300 g/mol. The molecule has 0 bridgehead atoms. The summed E-state index contributed by atoms with van der Waals surface area (Å²) in [5.74, 6) is 0.239. The van der Waals surface area contributed by atoms with Gasteiger partial charge in [0.15, 0.2) is 6.10 Å². The number of halogens is 1. The lowest BCUT2D eigenvalue weighted by Crippen LogP contribution is -2.26. The van der Waals surface area contributed by atoms with Crippen LogP contribution in [0.3, 0.4) is 0 Å². The zero-order valence-corrected chi connectivity index (χ0v) is 13.2. The molecule has 0 aliphatic carbocycles. The number of carbonyl (C=O) groups is 1. The summed E-state index contributed by atoms with van der Waals surface area (Å²) >= 11 is 6.05. The van der Waals surface area contributed by atoms with Crippen molar-refractivity contribution in [2.75, 3.05) is 13.7 Å². The van der Waals surface area contributed by atoms with Crippen LogP contribution in [0.2, 0.25) is 5.02 Å². The van der Waals surface area contributed by atoms with E-state index in [0.29, 0.717) is 10.8 Å². The zero-order valence-electron chi connectivity index (χ0n) is 12.4. The van der Waals surface area contributed by atoms with Gasteiger partial charge in [0, 0.05) is 16.6 Å². The molecular formula is C15H22ClNO3. The number of nitrogens with one attached hydrogen (secondary N) is 1. The topological polar surface area (TPSA) is 47.6 Å². The van der Waals surface area contributed by atoms with Crippen LogP contribution in [0.5, 0.6) is 5.75 Å². The molecule has 0 saturated carbocycles. The van der Waals surface area contributed by atoms with E-state index in [1.54, 1.807) is 19.1 Å². The first-order valence-corrected chi connectivity index (χ1v) is 7.14. The van der Waals surface area contributed by atoms with Crippen molar-refractivity contribution >= 4 is 17.6 Å². The minimum atomic E-state index is -0.654. The third-order valence-corrected chi connectivity index (χ3v) is 3.21. The fraction of sp³-hybridized carbons (Fsp3) is 0.533. The highest BCUT2D eigenvalue weighted by molar-refractivity contribution is 6.30. The van der Waals surface area contributed by atoms with E-state index in [2.05, 4.69) is 17.0 Å². The first-order valence-electron chi connectivity index (χ1n) is 6.76. The summed E-state index contributed by atoms with van der Waals surface area (Å²) in [5.41, 5.74) is 0.932. The molecule has 0 saturated heterocycles. The van der Waals surface area contributed by atoms with Crippen LogP contribution in [0.1, 0.15) is 38.8 Å². The molecule has 2 unspecified atom stereocenters. The maximum Gasteiger partial charge on any atom is 0.346 e. The van der Waals surface area contributed by atoms with E-state index in [4.69, 9.17) is 16.3 Å². The maximum absolute atomic E-state index is 11.4. The molecule has 0 aliphatic heterocycles. The Morgan fingerprint density at radius 2 is 2.10 bits per heavy atom. The molecule has 1 N–H and O–H groups in total. The normalized spacial score (nSPS) is 13.7. The number of hydrogen-bond acceptors (Lipinski definition) is 4. The summed E-state index contributed by atoms with van der Waals surface area (Å²) in [4.78, 5) is 11.4. The standard InChI is InChI=1S/C15H22ClNO3/c1-5-8-17-10(2)13-9-12(16)6-7-14(13)20-11(3)15(18)19-4/h6-7,9-11,17H,5,8H2,1-4H3. The SMILES string of the molecule is CCCNC(C)c1cc(Cl)ccc1OC(C)C(=O)OC. The van der Waals surface area contributed by atoms with E-state index >= 15 is 0 Å². The second kappa shape index (κ2) is 8.12. The Kier molecular flexibility index (Phi) is 6.82. The molecule has 5 heteroatoms. The molecule has 1 rings (SSSR count). The Hall–Kier alpha value is -1.26. The number of benzene rings is 1. The fourth-order valence-corrected chi connectivity index (χ4v) is 2.02. The molecule has 0 spiro atoms. The van der Waals surface area contributed by atoms with Gasteiger partial charge in [-0.2, -0.15) is 0 Å². The van der Waals surface area contributed by atoms with Gasteiger partial charge in [-0.1, -0.05) is 18.5 Å². The van der Waals surface area contributed by atoms with Crippen LogP contribution in [0.25, 0.3) is 0 Å². The summed E-state index contributed by atoms with van der Waals surface area (Å²) in [7, 11) is 1.34. The number of rotatable bonds is 7. The van der Waals surface area contributed by atoms with Crippen molar-refractivity contribution < 1.29 is 14.3 Å². The van der Waals surface area contributed by atoms with Crippen LogP contribution < -0.4 is 10.1 Å². The van der Waals surface area contributed by atoms with E-state index in [-0.39, 0.29) is 6.04 Å². The van der Waals surface area contributed by atoms with Gasteiger partial charge in [0.2, 0.25) is 0 Å². The van der Waals surface area contributed by atoms with Crippen molar-refractivity contribution in [3.63, 3.8) is 0 Å². The van der Waals surface area contributed by atoms with Gasteiger partial charge in [-0.15, -0.1) is 0 Å². The number of methoxy groups -OCH3 is 1. The fourth-order valence-electron chi connectivity index (χ4n) is 1.84. The van der Waals surface area contributed by atoms with Crippen LogP contribution in [-0.2, 0) is 9.53 Å². The molecule has 0 heterocycles. The van der Waals surface area contributed by atoms with Crippen molar-refractivity contribution in [3.8, 4) is 5.75 Å². The lowest BCUT2D eigenvalue weighted by Gasteiger charge is -2.20. The molecule has 4 nitrogen and oxygen atoms in total. The lowest BCUT2D eigenvalue weighted by molar-refractivity contribution is -0.147. The van der Waals surface area contributed by atoms with Gasteiger partial charge in [-0.3, -0.25) is 0 Å². The maximum atomic E-state index is 11.4. The Morgan fingerprint density at radius 3 is 2.70 bits per heavy atom. The largest absolute Gasteiger partial charge is 0.479 e. The molecular weight excluding hydrogens is 278 g/mol. The van der Waals surface area contributed by atoms with Crippen molar-refractivity contribution in [3.05, 3.63) is 28.8 Å². The molecule has 0 aromatic heterocycles. The van der Waals surface area contributed by atoms with Gasteiger partial charge in [0.1, 0.15) is 5.75 Å². The van der Waals surface area contributed by atoms with Crippen LogP contribution in [0.4, 0.5) is 0 Å². The Morgan fingerprint density at radius 1 is 1.40 bits per heavy atom. The monoisotopic (exact) mass is 299 g/mol. The van der Waals surface area contributed by atoms with Gasteiger partial charge in [-0.25, -0.2) is 4.79 Å². The predicted molar refractivity (Wildman–Crippen MR) is 80.3 cm³/mol. The Labute approximate surface area is 125 Å². The van der Waals surface area contributed by atoms with Crippen molar-refractivity contribution in [2.45, 2.75) is 39.3 Å². The van der Waals surface area contributed by atoms with Crippen LogP contribution in [-0.4, -0.2) is 25.7 Å². The average Bonchev–Trinajstić information content (AvgIpc) is 2.45. The van der Waals surface area contributed by atoms with Gasteiger partial charge >= 0.3 is 5.97 Å². The molecule has 0 amide bonds. The quantitative estimate of drug-likeness (QED) is 0.785. The first kappa shape index (κ1) is 16.8. The molecule has 2 atom stereocenters. The summed E-state index contributed by atoms with van der Waals surface area (Å²) in [5, 5.41) is 4.02. The Bertz CT molecular complexity index is 451. The first-order chi connectivity index (χ1) is 9.49. The molecule has 0 aliphatic rings. The lowest BCUT2D eigenvalue weighted by atomic mass is 10.1. The van der Waals surface area contributed by atoms with Crippen LogP contribution in [0, 0.1) is 0 Å². The summed E-state index contributed by atoms with van der Waals surface area (Å²) in [6.45, 7) is 6.71. The van der Waals surface area contributed by atoms with E-state index in [1.807, 2.05) is 13.0 Å². The molecule has 0 fully saturated rings. The smallest absolute Gasteiger partial charge is 0.346 e. The van der Waals surface area contributed by atoms with Crippen LogP contribution in [0.15, 0.2) is 18.2 Å². The van der Waals surface area contributed by atoms with E-state index in [1.165, 1.54) is 7.11 Å². The highest BCUT2D eigenvalue weighted by atomic mass is 35.5. The van der Waals surface area contributed by atoms with Gasteiger partial charge in [-0.05, 0) is 45.0 Å². The van der Waals surface area contributed by atoms with Crippen molar-refractivity contribution in [1.29, 1.82) is 0 Å². The summed E-state index contributed by atoms with van der Waals surface area (Å²) < 4.78 is 10.3. The highest BCUT2D eigenvalue weighted by Gasteiger charge is 2.19. The predicted octanol–water partition coefficient (Wildman–Crippen LogP) is 3.34. The van der Waals surface area contributed by atoms with E-state index < -0.39 is 12.1 Å². The van der Waals surface area contributed by atoms with Gasteiger partial charge in [0.05, 0.1) is 7.11 Å². The summed E-state index contributed by atoms with van der Waals surface area (Å²) in [6, 6.07) is 5.47. The van der Waals surface area contributed by atoms with Gasteiger partial charge < -0.3 is 14.8 Å². The van der Waals surface area contributed by atoms with Crippen molar-refractivity contribution in [1.82, 2.24) is 5.32 Å². The van der Waals surface area contributed by atoms with E-state index in [9.17, 15) is 4.79 Å². The molecule has 1 aromatic carbocycles. The minimum absolute atomic E-state index is 0.0912. The third-order valence-electron chi connectivity index (χ3n) is 2.98. The van der Waals surface area contributed by atoms with Gasteiger partial charge in [0.25, 0.3) is 0 Å². The van der Waals surface area contributed by atoms with E-state index in [0.717, 1.165) is 18.5 Å². The minimum Gasteiger partial charge on any atom is -0.479 e. The Balaban J connectivity index is 2.92. The van der Waals surface area contributed by atoms with Crippen LogP contribution >= 0.6 is 11.6 Å². The number of esters is 1. The van der Waals surface area contributed by atoms with Crippen molar-refractivity contribution in [2.24, 2.45) is 0 Å². The molecule has 20 heavy (non-hydrogen) atoms. The zero-order chi connectivity index (χ0) is 15.1. The second-order valence-electron chi connectivity index (χ2n) is 4.64. The molecule has 112 valence electrons. The second-order valence-corrected chi connectivity index (χ2v) is 5.08. The molecule has 1 aromatic rings. The number of ether oxygens (including phenoxy) is 2. The number of carbonyl (C=O) groups excluding carboxylic acids is 1. The number of hydrogen-bond donors (Lipinski definition) is 1. The summed E-state index contributed by atoms with van der Waals surface area (Å²) in [6.07, 6.45) is 0.387. The third kappa shape index (κ3) is 4.69. The molecule has 0 radical (unpaired) electrons.